The average molecular weight is 283 g/mol. The fraction of sp³-hybridized carbons (Fsp3) is 0.500. The summed E-state index contributed by atoms with van der Waals surface area (Å²) in [5, 5.41) is 4.97. The quantitative estimate of drug-likeness (QED) is 0.838. The van der Waals surface area contributed by atoms with Gasteiger partial charge in [0.1, 0.15) is 0 Å². The molecule has 18 heavy (non-hydrogen) atoms. The second kappa shape index (κ2) is 4.84. The van der Waals surface area contributed by atoms with Gasteiger partial charge in [0.15, 0.2) is 0 Å². The highest BCUT2D eigenvalue weighted by molar-refractivity contribution is 6.35. The lowest BCUT2D eigenvalue weighted by Crippen LogP contribution is -2.24. The molecule has 0 aromatic carbocycles. The molecular weight excluding hydrogens is 267 g/mol. The summed E-state index contributed by atoms with van der Waals surface area (Å²) in [5.74, 6) is 0. The topological polar surface area (TPSA) is 24.9 Å². The molecule has 0 bridgehead atoms. The molecular formula is C14H16Cl2N2. The van der Waals surface area contributed by atoms with Crippen LogP contribution in [0.3, 0.4) is 0 Å². The molecule has 3 rings (SSSR count). The summed E-state index contributed by atoms with van der Waals surface area (Å²) in [6.07, 6.45) is 12.4. The van der Waals surface area contributed by atoms with E-state index in [1.807, 2.05) is 0 Å². The molecule has 4 heteroatoms. The Hall–Kier alpha value is -0.570. The fourth-order valence-electron chi connectivity index (χ4n) is 3.11. The van der Waals surface area contributed by atoms with Gasteiger partial charge in [0.05, 0.1) is 10.0 Å². The predicted octanol–water partition coefficient (Wildman–Crippen LogP) is 3.63. The van der Waals surface area contributed by atoms with E-state index in [4.69, 9.17) is 23.2 Å². The van der Waals surface area contributed by atoms with Crippen LogP contribution in [0.1, 0.15) is 24.8 Å². The van der Waals surface area contributed by atoms with Crippen LogP contribution in [-0.4, -0.2) is 17.6 Å². The lowest BCUT2D eigenvalue weighted by molar-refractivity contribution is 0.342. The zero-order chi connectivity index (χ0) is 12.6. The van der Waals surface area contributed by atoms with Crippen molar-refractivity contribution in [3.8, 4) is 0 Å². The van der Waals surface area contributed by atoms with Gasteiger partial charge >= 0.3 is 0 Å². The number of aromatic nitrogens is 1. The van der Waals surface area contributed by atoms with Crippen LogP contribution in [0, 0.1) is 5.41 Å². The van der Waals surface area contributed by atoms with Gasteiger partial charge in [-0.15, -0.1) is 0 Å². The van der Waals surface area contributed by atoms with Crippen molar-refractivity contribution >= 4 is 23.2 Å². The Balaban J connectivity index is 1.71. The summed E-state index contributed by atoms with van der Waals surface area (Å²) in [4.78, 5) is 4.00. The Bertz CT molecular complexity index is 456. The second-order valence-corrected chi connectivity index (χ2v) is 6.26. The normalized spacial score (nSPS) is 25.1. The van der Waals surface area contributed by atoms with Gasteiger partial charge in [-0.1, -0.05) is 35.4 Å². The smallest absolute Gasteiger partial charge is 0.0636 e. The van der Waals surface area contributed by atoms with Crippen molar-refractivity contribution in [2.75, 3.05) is 6.54 Å². The molecule has 1 fully saturated rings. The lowest BCUT2D eigenvalue weighted by Gasteiger charge is -2.21. The fourth-order valence-corrected chi connectivity index (χ4v) is 3.63. The SMILES string of the molecule is Clc1cncc(Cl)c1CC1CC2(CC=CC2)CN1. The van der Waals surface area contributed by atoms with E-state index in [1.54, 1.807) is 12.4 Å². The summed E-state index contributed by atoms with van der Waals surface area (Å²) in [6.45, 7) is 1.10. The predicted molar refractivity (Wildman–Crippen MR) is 75.2 cm³/mol. The number of hydrogen-bond acceptors (Lipinski definition) is 2. The molecule has 1 aliphatic carbocycles. The summed E-state index contributed by atoms with van der Waals surface area (Å²) in [7, 11) is 0. The lowest BCUT2D eigenvalue weighted by atomic mass is 9.82. The minimum atomic E-state index is 0.455. The Labute approximate surface area is 117 Å². The van der Waals surface area contributed by atoms with Crippen LogP contribution in [0.5, 0.6) is 0 Å². The monoisotopic (exact) mass is 282 g/mol. The van der Waals surface area contributed by atoms with Crippen LogP contribution >= 0.6 is 23.2 Å². The van der Waals surface area contributed by atoms with Gasteiger partial charge in [-0.25, -0.2) is 0 Å². The Morgan fingerprint density at radius 3 is 2.56 bits per heavy atom. The number of pyridine rings is 1. The van der Waals surface area contributed by atoms with Crippen molar-refractivity contribution in [3.05, 3.63) is 40.2 Å². The summed E-state index contributed by atoms with van der Waals surface area (Å²) < 4.78 is 0. The van der Waals surface area contributed by atoms with Gasteiger partial charge in [-0.05, 0) is 36.7 Å². The number of nitrogens with zero attached hydrogens (tertiary/aromatic N) is 1. The van der Waals surface area contributed by atoms with Crippen molar-refractivity contribution in [2.45, 2.75) is 31.7 Å². The molecule has 0 saturated carbocycles. The van der Waals surface area contributed by atoms with Crippen LogP contribution in [0.2, 0.25) is 10.0 Å². The van der Waals surface area contributed by atoms with E-state index in [0.29, 0.717) is 21.5 Å². The molecule has 1 unspecified atom stereocenters. The molecule has 1 aromatic heterocycles. The van der Waals surface area contributed by atoms with E-state index in [1.165, 1.54) is 19.3 Å². The van der Waals surface area contributed by atoms with Crippen LogP contribution in [0.4, 0.5) is 0 Å². The van der Waals surface area contributed by atoms with E-state index in [-0.39, 0.29) is 0 Å². The van der Waals surface area contributed by atoms with Crippen molar-refractivity contribution in [1.82, 2.24) is 10.3 Å². The molecule has 0 radical (unpaired) electrons. The first-order chi connectivity index (χ1) is 8.69. The first kappa shape index (κ1) is 12.5. The molecule has 1 spiro atoms. The van der Waals surface area contributed by atoms with Gasteiger partial charge in [0, 0.05) is 25.0 Å². The van der Waals surface area contributed by atoms with E-state index >= 15 is 0 Å². The minimum Gasteiger partial charge on any atom is -0.313 e. The Morgan fingerprint density at radius 2 is 1.89 bits per heavy atom. The van der Waals surface area contributed by atoms with Crippen molar-refractivity contribution < 1.29 is 0 Å². The maximum absolute atomic E-state index is 6.17. The molecule has 1 saturated heterocycles. The van der Waals surface area contributed by atoms with Gasteiger partial charge in [0.25, 0.3) is 0 Å². The average Bonchev–Trinajstić information content (AvgIpc) is 2.96. The third-order valence-electron chi connectivity index (χ3n) is 4.12. The zero-order valence-electron chi connectivity index (χ0n) is 10.1. The molecule has 1 atom stereocenters. The molecule has 1 N–H and O–H groups in total. The van der Waals surface area contributed by atoms with Crippen LogP contribution < -0.4 is 5.32 Å². The van der Waals surface area contributed by atoms with E-state index < -0.39 is 0 Å². The molecule has 96 valence electrons. The third kappa shape index (κ3) is 2.29. The highest BCUT2D eigenvalue weighted by Gasteiger charge is 2.39. The van der Waals surface area contributed by atoms with Crippen LogP contribution in [0.15, 0.2) is 24.5 Å². The first-order valence-corrected chi connectivity index (χ1v) is 7.10. The third-order valence-corrected chi connectivity index (χ3v) is 4.77. The van der Waals surface area contributed by atoms with Crippen molar-refractivity contribution in [3.63, 3.8) is 0 Å². The number of allylic oxidation sites excluding steroid dienone is 2. The zero-order valence-corrected chi connectivity index (χ0v) is 11.6. The molecule has 1 aliphatic heterocycles. The largest absolute Gasteiger partial charge is 0.313 e. The van der Waals surface area contributed by atoms with Gasteiger partial charge in [-0.2, -0.15) is 0 Å². The minimum absolute atomic E-state index is 0.455. The van der Waals surface area contributed by atoms with Gasteiger partial charge in [0.2, 0.25) is 0 Å². The molecule has 1 aromatic rings. The maximum Gasteiger partial charge on any atom is 0.0636 e. The van der Waals surface area contributed by atoms with E-state index in [2.05, 4.69) is 22.5 Å². The summed E-state index contributed by atoms with van der Waals surface area (Å²) >= 11 is 12.3. The van der Waals surface area contributed by atoms with E-state index in [9.17, 15) is 0 Å². The first-order valence-electron chi connectivity index (χ1n) is 6.35. The molecule has 2 nitrogen and oxygen atoms in total. The Kier molecular flexibility index (Phi) is 3.35. The second-order valence-electron chi connectivity index (χ2n) is 5.45. The maximum atomic E-state index is 6.17. The van der Waals surface area contributed by atoms with Crippen molar-refractivity contribution in [2.24, 2.45) is 5.41 Å². The molecule has 2 heterocycles. The van der Waals surface area contributed by atoms with Crippen molar-refractivity contribution in [1.29, 1.82) is 0 Å². The number of halogens is 2. The highest BCUT2D eigenvalue weighted by Crippen LogP contribution is 2.42. The summed E-state index contributed by atoms with van der Waals surface area (Å²) in [5.41, 5.74) is 1.48. The highest BCUT2D eigenvalue weighted by atomic mass is 35.5. The number of rotatable bonds is 2. The summed E-state index contributed by atoms with van der Waals surface area (Å²) in [6, 6.07) is 0.474. The van der Waals surface area contributed by atoms with Crippen LogP contribution in [0.25, 0.3) is 0 Å². The van der Waals surface area contributed by atoms with Crippen LogP contribution in [-0.2, 0) is 6.42 Å². The van der Waals surface area contributed by atoms with Gasteiger partial charge in [-0.3, -0.25) is 4.98 Å². The molecule has 2 aliphatic rings. The molecule has 0 amide bonds. The van der Waals surface area contributed by atoms with E-state index in [0.717, 1.165) is 18.5 Å². The Morgan fingerprint density at radius 1 is 1.22 bits per heavy atom. The van der Waals surface area contributed by atoms with Gasteiger partial charge < -0.3 is 5.32 Å². The number of nitrogens with one attached hydrogen (secondary N) is 1. The standard InChI is InChI=1S/C14H16Cl2N2/c15-12-7-17-8-13(16)11(12)5-10-6-14(9-18-10)3-1-2-4-14/h1-2,7-8,10,18H,3-6,9H2. The number of hydrogen-bond donors (Lipinski definition) is 1.